The van der Waals surface area contributed by atoms with E-state index in [1.54, 1.807) is 0 Å². The first-order chi connectivity index (χ1) is 13.8. The van der Waals surface area contributed by atoms with Crippen molar-refractivity contribution in [1.29, 1.82) is 0 Å². The fourth-order valence-electron chi connectivity index (χ4n) is 4.49. The zero-order valence-electron chi connectivity index (χ0n) is 16.8. The highest BCUT2D eigenvalue weighted by atomic mass is 32.2. The second kappa shape index (κ2) is 6.97. The lowest BCUT2D eigenvalue weighted by molar-refractivity contribution is 0.102. The van der Waals surface area contributed by atoms with Gasteiger partial charge in [0.1, 0.15) is 5.82 Å². The van der Waals surface area contributed by atoms with Crippen molar-refractivity contribution in [2.24, 2.45) is 0 Å². The highest BCUT2D eigenvalue weighted by molar-refractivity contribution is 7.99. The van der Waals surface area contributed by atoms with Crippen molar-refractivity contribution < 1.29 is 13.2 Å². The van der Waals surface area contributed by atoms with Gasteiger partial charge in [0.25, 0.3) is 0 Å². The number of hydrogen-bond acceptors (Lipinski definition) is 6. The van der Waals surface area contributed by atoms with Crippen LogP contribution in [0.3, 0.4) is 0 Å². The highest BCUT2D eigenvalue weighted by Crippen LogP contribution is 2.46. The van der Waals surface area contributed by atoms with Gasteiger partial charge in [-0.2, -0.15) is 0 Å². The Hall–Kier alpha value is -1.61. The van der Waals surface area contributed by atoms with Gasteiger partial charge in [0, 0.05) is 35.0 Å². The monoisotopic (exact) mass is 434 g/mol. The van der Waals surface area contributed by atoms with Gasteiger partial charge in [-0.05, 0) is 52.0 Å². The average Bonchev–Trinajstić information content (AvgIpc) is 3.59. The van der Waals surface area contributed by atoms with Crippen LogP contribution in [0.25, 0.3) is 0 Å². The predicted molar refractivity (Wildman–Crippen MR) is 112 cm³/mol. The molecule has 2 aromatic rings. The lowest BCUT2D eigenvalue weighted by atomic mass is 10.2. The van der Waals surface area contributed by atoms with Crippen molar-refractivity contribution in [2.75, 3.05) is 17.3 Å². The summed E-state index contributed by atoms with van der Waals surface area (Å²) in [7, 11) is -2.97. The van der Waals surface area contributed by atoms with Gasteiger partial charge in [-0.25, -0.2) is 8.42 Å². The largest absolute Gasteiger partial charge is 0.344 e. The second-order valence-corrected chi connectivity index (χ2v) is 11.8. The minimum absolute atomic E-state index is 0.0618. The first kappa shape index (κ1) is 19.4. The molecule has 9 heteroatoms. The van der Waals surface area contributed by atoms with E-state index in [2.05, 4.69) is 14.8 Å². The molecule has 5 rings (SSSR count). The number of ketones is 1. The van der Waals surface area contributed by atoms with Gasteiger partial charge in [0.15, 0.2) is 20.8 Å². The molecule has 0 aromatic carbocycles. The van der Waals surface area contributed by atoms with Gasteiger partial charge in [0.2, 0.25) is 0 Å². The van der Waals surface area contributed by atoms with E-state index in [1.807, 2.05) is 24.5 Å². The molecule has 0 bridgehead atoms. The Balaban J connectivity index is 1.33. The van der Waals surface area contributed by atoms with Crippen molar-refractivity contribution in [3.05, 3.63) is 28.8 Å². The molecule has 1 atom stereocenters. The van der Waals surface area contributed by atoms with E-state index < -0.39 is 9.84 Å². The molecule has 3 aliphatic rings. The Bertz CT molecular complexity index is 1080. The van der Waals surface area contributed by atoms with Crippen LogP contribution in [0.5, 0.6) is 0 Å². The average molecular weight is 435 g/mol. The quantitative estimate of drug-likeness (QED) is 0.491. The fraction of sp³-hybridized carbons (Fsp3) is 0.650. The normalized spacial score (nSPS) is 23.6. The van der Waals surface area contributed by atoms with Gasteiger partial charge in [-0.3, -0.25) is 4.79 Å². The number of carbonyl (C=O) groups excluding carboxylic acids is 1. The van der Waals surface area contributed by atoms with E-state index in [-0.39, 0.29) is 23.3 Å². The van der Waals surface area contributed by atoms with Crippen LogP contribution >= 0.6 is 11.8 Å². The third kappa shape index (κ3) is 3.67. The topological polar surface area (TPSA) is 86.8 Å². The molecule has 2 saturated carbocycles. The molecule has 1 aliphatic heterocycles. The summed E-state index contributed by atoms with van der Waals surface area (Å²) in [5.41, 5.74) is 2.52. The second-order valence-electron chi connectivity index (χ2n) is 8.64. The van der Waals surface area contributed by atoms with Crippen LogP contribution in [0.15, 0.2) is 11.2 Å². The Morgan fingerprint density at radius 2 is 1.86 bits per heavy atom. The van der Waals surface area contributed by atoms with Crippen LogP contribution in [-0.4, -0.2) is 50.8 Å². The number of hydrogen-bond donors (Lipinski definition) is 0. The maximum Gasteiger partial charge on any atom is 0.191 e. The molecule has 1 saturated heterocycles. The Morgan fingerprint density at radius 3 is 2.48 bits per heavy atom. The summed E-state index contributed by atoms with van der Waals surface area (Å²) in [4.78, 5) is 13.0. The SMILES string of the molecule is Cc1cc(C(=O)CSc2nnc(C3CC3)n2C2CC2)c(C)n1[C@H]1CCS(=O)(=O)C1. The minimum atomic E-state index is -2.97. The smallest absolute Gasteiger partial charge is 0.191 e. The number of rotatable bonds is 7. The first-order valence-electron chi connectivity index (χ1n) is 10.3. The maximum atomic E-state index is 13.0. The van der Waals surface area contributed by atoms with E-state index in [9.17, 15) is 13.2 Å². The zero-order valence-corrected chi connectivity index (χ0v) is 18.4. The molecule has 0 radical (unpaired) electrons. The van der Waals surface area contributed by atoms with Crippen molar-refractivity contribution >= 4 is 27.4 Å². The molecular formula is C20H26N4O3S2. The summed E-state index contributed by atoms with van der Waals surface area (Å²) in [5.74, 6) is 2.43. The molecule has 2 aromatic heterocycles. The molecule has 3 heterocycles. The van der Waals surface area contributed by atoms with Gasteiger partial charge in [-0.1, -0.05) is 11.8 Å². The third-order valence-electron chi connectivity index (χ3n) is 6.24. The molecular weight excluding hydrogens is 408 g/mol. The van der Waals surface area contributed by atoms with Crippen LogP contribution in [0.2, 0.25) is 0 Å². The lowest BCUT2D eigenvalue weighted by Gasteiger charge is -2.16. The number of nitrogens with zero attached hydrogens (tertiary/aromatic N) is 4. The van der Waals surface area contributed by atoms with E-state index in [0.717, 1.165) is 22.4 Å². The van der Waals surface area contributed by atoms with Crippen LogP contribution in [0.1, 0.15) is 77.7 Å². The molecule has 0 unspecified atom stereocenters. The number of carbonyl (C=O) groups is 1. The molecule has 0 spiro atoms. The summed E-state index contributed by atoms with van der Waals surface area (Å²) < 4.78 is 28.1. The standard InChI is InChI=1S/C20H26N4O3S2/c1-12-9-17(13(2)23(12)16-7-8-29(26,27)11-16)18(25)10-28-20-22-21-19(14-3-4-14)24(20)15-5-6-15/h9,14-16H,3-8,10-11H2,1-2H3/t16-/m0/s1. The van der Waals surface area contributed by atoms with Crippen LogP contribution in [0, 0.1) is 13.8 Å². The van der Waals surface area contributed by atoms with Crippen LogP contribution in [0.4, 0.5) is 0 Å². The Morgan fingerprint density at radius 1 is 1.10 bits per heavy atom. The molecule has 7 nitrogen and oxygen atoms in total. The third-order valence-corrected chi connectivity index (χ3v) is 8.93. The van der Waals surface area contributed by atoms with Crippen molar-refractivity contribution in [2.45, 2.75) is 69.1 Å². The molecule has 156 valence electrons. The van der Waals surface area contributed by atoms with E-state index in [4.69, 9.17) is 0 Å². The summed E-state index contributed by atoms with van der Waals surface area (Å²) in [6, 6.07) is 2.35. The van der Waals surface area contributed by atoms with Crippen LogP contribution < -0.4 is 0 Å². The highest BCUT2D eigenvalue weighted by Gasteiger charge is 2.36. The van der Waals surface area contributed by atoms with Crippen molar-refractivity contribution in [1.82, 2.24) is 19.3 Å². The lowest BCUT2D eigenvalue weighted by Crippen LogP contribution is -2.14. The first-order valence-corrected chi connectivity index (χ1v) is 13.1. The van der Waals surface area contributed by atoms with E-state index in [0.29, 0.717) is 29.7 Å². The zero-order chi connectivity index (χ0) is 20.3. The van der Waals surface area contributed by atoms with Gasteiger partial charge in [-0.15, -0.1) is 10.2 Å². The van der Waals surface area contributed by atoms with E-state index in [1.165, 1.54) is 37.4 Å². The number of thioether (sulfide) groups is 1. The number of sulfone groups is 1. The van der Waals surface area contributed by atoms with Crippen LogP contribution in [-0.2, 0) is 9.84 Å². The van der Waals surface area contributed by atoms with Gasteiger partial charge in [0.05, 0.1) is 17.3 Å². The number of aryl methyl sites for hydroxylation is 1. The van der Waals surface area contributed by atoms with Crippen molar-refractivity contribution in [3.63, 3.8) is 0 Å². The summed E-state index contributed by atoms with van der Waals surface area (Å²) >= 11 is 1.47. The summed E-state index contributed by atoms with van der Waals surface area (Å²) in [5, 5.41) is 9.65. The number of aromatic nitrogens is 4. The molecule has 0 N–H and O–H groups in total. The number of Topliss-reactive ketones (excluding diaryl/α,β-unsaturated/α-hetero) is 1. The Labute approximate surface area is 175 Å². The molecule has 0 amide bonds. The minimum Gasteiger partial charge on any atom is -0.344 e. The van der Waals surface area contributed by atoms with Gasteiger partial charge >= 0.3 is 0 Å². The Kier molecular flexibility index (Phi) is 4.66. The van der Waals surface area contributed by atoms with Crippen molar-refractivity contribution in [3.8, 4) is 0 Å². The summed E-state index contributed by atoms with van der Waals surface area (Å²) in [6.45, 7) is 3.88. The molecule has 3 fully saturated rings. The molecule has 29 heavy (non-hydrogen) atoms. The van der Waals surface area contributed by atoms with E-state index >= 15 is 0 Å². The fourth-order valence-corrected chi connectivity index (χ4v) is 7.09. The maximum absolute atomic E-state index is 13.0. The summed E-state index contributed by atoms with van der Waals surface area (Å²) in [6.07, 6.45) is 5.35. The predicted octanol–water partition coefficient (Wildman–Crippen LogP) is 3.24. The molecule has 2 aliphatic carbocycles. The van der Waals surface area contributed by atoms with Gasteiger partial charge < -0.3 is 9.13 Å².